The van der Waals surface area contributed by atoms with E-state index in [9.17, 15) is 9.59 Å². The van der Waals surface area contributed by atoms with Crippen LogP contribution in [0, 0.1) is 0 Å². The minimum atomic E-state index is -0.316. The fourth-order valence-electron chi connectivity index (χ4n) is 2.02. The highest BCUT2D eigenvalue weighted by Crippen LogP contribution is 2.16. The topological polar surface area (TPSA) is 67.4 Å². The number of methoxy groups -OCH3 is 1. The Morgan fingerprint density at radius 2 is 1.87 bits per heavy atom. The first-order valence-electron chi connectivity index (χ1n) is 7.08. The van der Waals surface area contributed by atoms with Crippen LogP contribution in [0.3, 0.4) is 0 Å². The third kappa shape index (κ3) is 4.44. The summed E-state index contributed by atoms with van der Waals surface area (Å²) >= 11 is 0. The molecule has 0 saturated heterocycles. The second kappa shape index (κ2) is 7.79. The summed E-state index contributed by atoms with van der Waals surface area (Å²) in [5.74, 6) is 0.152. The molecule has 2 aromatic carbocycles. The van der Waals surface area contributed by atoms with Crippen LogP contribution in [-0.2, 0) is 4.79 Å². The molecule has 0 fully saturated rings. The standard InChI is InChI=1S/C18H18N2O3/c1-19-18(22)15-8-3-4-9-16(15)20-17(21)11-10-13-6-5-7-14(12-13)23-2/h3-12H,1-2H3,(H,19,22)(H,20,21)/b11-10+. The maximum absolute atomic E-state index is 12.0. The summed E-state index contributed by atoms with van der Waals surface area (Å²) in [7, 11) is 3.13. The van der Waals surface area contributed by atoms with Gasteiger partial charge in [-0.05, 0) is 35.9 Å². The minimum Gasteiger partial charge on any atom is -0.497 e. The predicted octanol–water partition coefficient (Wildman–Crippen LogP) is 2.71. The molecule has 2 amide bonds. The van der Waals surface area contributed by atoms with Crippen molar-refractivity contribution >= 4 is 23.6 Å². The fraction of sp³-hybridized carbons (Fsp3) is 0.111. The summed E-state index contributed by atoms with van der Waals surface area (Å²) in [6.45, 7) is 0. The maximum atomic E-state index is 12.0. The van der Waals surface area contributed by atoms with Crippen LogP contribution >= 0.6 is 0 Å². The van der Waals surface area contributed by atoms with Crippen molar-refractivity contribution in [3.63, 3.8) is 0 Å². The Labute approximate surface area is 135 Å². The van der Waals surface area contributed by atoms with Gasteiger partial charge in [-0.1, -0.05) is 24.3 Å². The Morgan fingerprint density at radius 1 is 1.09 bits per heavy atom. The summed E-state index contributed by atoms with van der Waals surface area (Å²) in [6.07, 6.45) is 3.09. The predicted molar refractivity (Wildman–Crippen MR) is 90.5 cm³/mol. The van der Waals surface area contributed by atoms with Gasteiger partial charge in [0.05, 0.1) is 18.4 Å². The van der Waals surface area contributed by atoms with E-state index in [0.29, 0.717) is 11.3 Å². The number of benzene rings is 2. The number of ether oxygens (including phenoxy) is 1. The molecule has 0 unspecified atom stereocenters. The van der Waals surface area contributed by atoms with E-state index in [1.807, 2.05) is 24.3 Å². The van der Waals surface area contributed by atoms with Crippen LogP contribution in [0.5, 0.6) is 5.75 Å². The summed E-state index contributed by atoms with van der Waals surface area (Å²) in [5, 5.41) is 5.25. The van der Waals surface area contributed by atoms with E-state index in [0.717, 1.165) is 11.3 Å². The zero-order valence-electron chi connectivity index (χ0n) is 13.0. The van der Waals surface area contributed by atoms with E-state index in [-0.39, 0.29) is 11.8 Å². The number of anilines is 1. The first-order valence-corrected chi connectivity index (χ1v) is 7.08. The Hall–Kier alpha value is -3.08. The van der Waals surface area contributed by atoms with Gasteiger partial charge in [0.2, 0.25) is 5.91 Å². The summed E-state index contributed by atoms with van der Waals surface area (Å²) in [5.41, 5.74) is 1.73. The molecule has 0 radical (unpaired) electrons. The van der Waals surface area contributed by atoms with Gasteiger partial charge in [0.25, 0.3) is 5.91 Å². The van der Waals surface area contributed by atoms with Gasteiger partial charge in [0.15, 0.2) is 0 Å². The lowest BCUT2D eigenvalue weighted by Gasteiger charge is -2.08. The third-order valence-corrected chi connectivity index (χ3v) is 3.18. The number of hydrogen-bond acceptors (Lipinski definition) is 3. The van der Waals surface area contributed by atoms with Crippen LogP contribution in [0.1, 0.15) is 15.9 Å². The Bertz CT molecular complexity index is 739. The molecule has 0 aliphatic carbocycles. The monoisotopic (exact) mass is 310 g/mol. The van der Waals surface area contributed by atoms with Gasteiger partial charge in [-0.15, -0.1) is 0 Å². The number of hydrogen-bond donors (Lipinski definition) is 2. The molecular weight excluding hydrogens is 292 g/mol. The lowest BCUT2D eigenvalue weighted by molar-refractivity contribution is -0.111. The van der Waals surface area contributed by atoms with Crippen LogP contribution in [-0.4, -0.2) is 26.0 Å². The molecule has 118 valence electrons. The molecule has 0 bridgehead atoms. The van der Waals surface area contributed by atoms with Crippen LogP contribution < -0.4 is 15.4 Å². The SMILES string of the molecule is CNC(=O)c1ccccc1NC(=O)/C=C/c1cccc(OC)c1. The third-order valence-electron chi connectivity index (χ3n) is 3.18. The molecule has 2 N–H and O–H groups in total. The normalized spacial score (nSPS) is 10.3. The molecule has 0 aliphatic heterocycles. The highest BCUT2D eigenvalue weighted by molar-refractivity contribution is 6.07. The molecule has 23 heavy (non-hydrogen) atoms. The molecule has 0 aromatic heterocycles. The van der Waals surface area contributed by atoms with Crippen molar-refractivity contribution < 1.29 is 14.3 Å². The first kappa shape index (κ1) is 16.3. The molecule has 5 heteroatoms. The number of carbonyl (C=O) groups excluding carboxylic acids is 2. The fourth-order valence-corrected chi connectivity index (χ4v) is 2.02. The number of nitrogens with one attached hydrogen (secondary N) is 2. The summed E-state index contributed by atoms with van der Waals surface area (Å²) < 4.78 is 5.13. The van der Waals surface area contributed by atoms with Crippen molar-refractivity contribution in [1.29, 1.82) is 0 Å². The smallest absolute Gasteiger partial charge is 0.253 e. The Balaban J connectivity index is 2.10. The average molecular weight is 310 g/mol. The zero-order valence-corrected chi connectivity index (χ0v) is 13.0. The summed E-state index contributed by atoms with van der Waals surface area (Å²) in [4.78, 5) is 23.8. The van der Waals surface area contributed by atoms with Crippen molar-refractivity contribution in [2.24, 2.45) is 0 Å². The Kier molecular flexibility index (Phi) is 5.52. The molecule has 0 heterocycles. The molecule has 0 atom stereocenters. The van der Waals surface area contributed by atoms with E-state index in [1.165, 1.54) is 6.08 Å². The van der Waals surface area contributed by atoms with Crippen molar-refractivity contribution in [2.75, 3.05) is 19.5 Å². The molecule has 5 nitrogen and oxygen atoms in total. The van der Waals surface area contributed by atoms with Crippen molar-refractivity contribution in [2.45, 2.75) is 0 Å². The molecule has 0 saturated carbocycles. The number of amides is 2. The molecule has 2 aromatic rings. The quantitative estimate of drug-likeness (QED) is 0.834. The van der Waals surface area contributed by atoms with Crippen LogP contribution in [0.4, 0.5) is 5.69 Å². The molecular formula is C18H18N2O3. The largest absolute Gasteiger partial charge is 0.497 e. The van der Waals surface area contributed by atoms with Crippen molar-refractivity contribution in [1.82, 2.24) is 5.32 Å². The zero-order chi connectivity index (χ0) is 16.7. The molecule has 2 rings (SSSR count). The average Bonchev–Trinajstić information content (AvgIpc) is 2.60. The maximum Gasteiger partial charge on any atom is 0.253 e. The van der Waals surface area contributed by atoms with Crippen LogP contribution in [0.2, 0.25) is 0 Å². The van der Waals surface area contributed by atoms with E-state index >= 15 is 0 Å². The van der Waals surface area contributed by atoms with Gasteiger partial charge in [-0.2, -0.15) is 0 Å². The number of para-hydroxylation sites is 1. The van der Waals surface area contributed by atoms with E-state index in [4.69, 9.17) is 4.74 Å². The second-order valence-corrected chi connectivity index (χ2v) is 4.72. The van der Waals surface area contributed by atoms with Crippen LogP contribution in [0.25, 0.3) is 6.08 Å². The highest BCUT2D eigenvalue weighted by atomic mass is 16.5. The van der Waals surface area contributed by atoms with Gasteiger partial charge >= 0.3 is 0 Å². The number of carbonyl (C=O) groups is 2. The van der Waals surface area contributed by atoms with Crippen molar-refractivity contribution in [3.8, 4) is 5.75 Å². The molecule has 0 spiro atoms. The van der Waals surface area contributed by atoms with E-state index in [1.54, 1.807) is 44.5 Å². The van der Waals surface area contributed by atoms with E-state index in [2.05, 4.69) is 10.6 Å². The van der Waals surface area contributed by atoms with Gasteiger partial charge in [-0.25, -0.2) is 0 Å². The van der Waals surface area contributed by atoms with Gasteiger partial charge in [0.1, 0.15) is 5.75 Å². The summed E-state index contributed by atoms with van der Waals surface area (Å²) in [6, 6.07) is 14.2. The Morgan fingerprint density at radius 3 is 2.61 bits per heavy atom. The van der Waals surface area contributed by atoms with Gasteiger partial charge < -0.3 is 15.4 Å². The highest BCUT2D eigenvalue weighted by Gasteiger charge is 2.10. The second-order valence-electron chi connectivity index (χ2n) is 4.72. The lowest BCUT2D eigenvalue weighted by atomic mass is 10.1. The van der Waals surface area contributed by atoms with Crippen molar-refractivity contribution in [3.05, 3.63) is 65.7 Å². The van der Waals surface area contributed by atoms with Gasteiger partial charge in [0, 0.05) is 13.1 Å². The first-order chi connectivity index (χ1) is 11.1. The molecule has 0 aliphatic rings. The van der Waals surface area contributed by atoms with Gasteiger partial charge in [-0.3, -0.25) is 9.59 Å². The van der Waals surface area contributed by atoms with E-state index < -0.39 is 0 Å². The lowest BCUT2D eigenvalue weighted by Crippen LogP contribution is -2.20. The number of rotatable bonds is 5. The van der Waals surface area contributed by atoms with Crippen LogP contribution in [0.15, 0.2) is 54.6 Å². The minimum absolute atomic E-state index is 0.252.